The average molecular weight is 1420 g/mol. The number of ether oxygens (including phenoxy) is 3. The molecule has 0 saturated heterocycles. The molecular formula is C66H108Cl2O19Si5. The van der Waals surface area contributed by atoms with Gasteiger partial charge in [-0.25, -0.2) is 13.9 Å². The van der Waals surface area contributed by atoms with Crippen LogP contribution in [0.5, 0.6) is 28.7 Å². The lowest BCUT2D eigenvalue weighted by Crippen LogP contribution is -2.46. The Morgan fingerprint density at radius 1 is 0.543 bits per heavy atom. The van der Waals surface area contributed by atoms with E-state index in [1.165, 1.54) is 23.0 Å². The zero-order valence-corrected chi connectivity index (χ0v) is 62.3. The number of halogens is 2. The number of hydrogen-bond donors (Lipinski definition) is 2. The summed E-state index contributed by atoms with van der Waals surface area (Å²) in [6, 6.07) is 42.7. The maximum atomic E-state index is 11.7. The summed E-state index contributed by atoms with van der Waals surface area (Å²) >= 11 is 12.2. The van der Waals surface area contributed by atoms with E-state index in [4.69, 9.17) is 95.6 Å². The molecule has 520 valence electrons. The minimum Gasteiger partial charge on any atom is -0.518 e. The van der Waals surface area contributed by atoms with E-state index in [9.17, 15) is 4.79 Å². The van der Waals surface area contributed by atoms with Crippen LogP contribution >= 0.6 is 22.2 Å². The Bertz CT molecular complexity index is 2770. The van der Waals surface area contributed by atoms with E-state index in [1.54, 1.807) is 53.2 Å². The molecule has 2 N–H and O–H groups in total. The maximum Gasteiger partial charge on any atom is 0.621 e. The fourth-order valence-electron chi connectivity index (χ4n) is 10.0. The highest BCUT2D eigenvalue weighted by Crippen LogP contribution is 2.35. The molecule has 0 bridgehead atoms. The van der Waals surface area contributed by atoms with Gasteiger partial charge in [-0.3, -0.25) is 10.5 Å². The molecule has 5 aromatic carbocycles. The molecule has 0 fully saturated rings. The third-order valence-corrected chi connectivity index (χ3v) is 28.3. The Morgan fingerprint density at radius 2 is 0.902 bits per heavy atom. The Labute approximate surface area is 567 Å². The minimum atomic E-state index is -3.32. The van der Waals surface area contributed by atoms with Crippen LogP contribution in [0.1, 0.15) is 128 Å². The molecule has 0 atom stereocenters. The fraction of sp³-hybridized carbons (Fsp3) is 0.500. The van der Waals surface area contributed by atoms with Gasteiger partial charge in [-0.05, 0) is 197 Å². The van der Waals surface area contributed by atoms with Gasteiger partial charge in [-0.15, -0.1) is 0 Å². The third kappa shape index (κ3) is 28.4. The van der Waals surface area contributed by atoms with Crippen molar-refractivity contribution >= 4 is 70.5 Å². The number of hydrogen-bond acceptors (Lipinski definition) is 19. The smallest absolute Gasteiger partial charge is 0.518 e. The number of carbonyl (C=O) groups is 1. The van der Waals surface area contributed by atoms with Crippen molar-refractivity contribution in [2.24, 2.45) is 0 Å². The van der Waals surface area contributed by atoms with Crippen LogP contribution in [0.25, 0.3) is 0 Å². The SMILES string of the molecule is C=COc1ccc(CCC[Si](OCC)(OCC)OCC)cc1.CCO[Si](CCCc1ccc(OC(=O)OC(C)(C)C)cc1)(OCC)OCC.CO[Si]1(OC)CCCc2ccccc2O1.Cl[Si]1(Cl)CCCc2ccccc2O1.OO[Si]1(OO)CCCc2ccccc2O1.[HH].[HH].[HH].[HH]. The van der Waals surface area contributed by atoms with Crippen molar-refractivity contribution in [2.75, 3.05) is 53.9 Å². The second-order valence-electron chi connectivity index (χ2n) is 22.1. The first-order valence-corrected chi connectivity index (χ1v) is 43.7. The zero-order chi connectivity index (χ0) is 67.4. The average Bonchev–Trinajstić information content (AvgIpc) is 1.68. The van der Waals surface area contributed by atoms with Gasteiger partial charge in [0.1, 0.15) is 34.3 Å². The van der Waals surface area contributed by atoms with Gasteiger partial charge in [-0.1, -0.05) is 108 Å². The van der Waals surface area contributed by atoms with E-state index in [-0.39, 0.29) is 5.71 Å². The summed E-state index contributed by atoms with van der Waals surface area (Å²) in [6.07, 6.45) is 10.2. The molecule has 3 heterocycles. The highest BCUT2D eigenvalue weighted by molar-refractivity contribution is 7.42. The monoisotopic (exact) mass is 1410 g/mol. The second-order valence-corrected chi connectivity index (χ2v) is 39.1. The van der Waals surface area contributed by atoms with Crippen molar-refractivity contribution in [3.05, 3.63) is 162 Å². The third-order valence-electron chi connectivity index (χ3n) is 14.1. The number of rotatable bonds is 27. The highest BCUT2D eigenvalue weighted by Gasteiger charge is 2.47. The summed E-state index contributed by atoms with van der Waals surface area (Å²) < 4.78 is 87.1. The van der Waals surface area contributed by atoms with Gasteiger partial charge in [0, 0.05) is 89.8 Å². The van der Waals surface area contributed by atoms with Gasteiger partial charge in [0.2, 0.25) is 0 Å². The summed E-state index contributed by atoms with van der Waals surface area (Å²) in [5.41, 5.74) is 5.35. The van der Waals surface area contributed by atoms with Crippen molar-refractivity contribution in [1.29, 1.82) is 0 Å². The molecule has 3 aliphatic rings. The van der Waals surface area contributed by atoms with Crippen LogP contribution in [0, 0.1) is 0 Å². The molecule has 0 saturated carbocycles. The molecule has 5 aromatic rings. The minimum absolute atomic E-state index is 0. The second kappa shape index (κ2) is 42.1. The summed E-state index contributed by atoms with van der Waals surface area (Å²) in [6.45, 7) is 22.0. The quantitative estimate of drug-likeness (QED) is 0.00954. The van der Waals surface area contributed by atoms with E-state index < -0.39 is 53.9 Å². The van der Waals surface area contributed by atoms with Gasteiger partial charge in [0.05, 0.1) is 6.26 Å². The first kappa shape index (κ1) is 79.9. The zero-order valence-electron chi connectivity index (χ0n) is 55.8. The first-order chi connectivity index (χ1) is 44.2. The summed E-state index contributed by atoms with van der Waals surface area (Å²) in [7, 11) is -7.51. The topological polar surface area (TPSA) is 205 Å². The normalized spacial score (nSPS) is 15.2. The van der Waals surface area contributed by atoms with Crippen LogP contribution in [-0.4, -0.2) is 118 Å². The van der Waals surface area contributed by atoms with Gasteiger partial charge in [0.25, 0.3) is 0 Å². The highest BCUT2D eigenvalue weighted by atomic mass is 35.7. The van der Waals surface area contributed by atoms with Crippen LogP contribution in [0.3, 0.4) is 0 Å². The number of fused-ring (bicyclic) bond motifs is 3. The molecule has 0 aliphatic carbocycles. The summed E-state index contributed by atoms with van der Waals surface area (Å²) in [5.74, 6) is 3.67. The number of benzene rings is 5. The molecule has 0 amide bonds. The Kier molecular flexibility index (Phi) is 36.6. The van der Waals surface area contributed by atoms with Gasteiger partial charge < -0.3 is 62.9 Å². The Morgan fingerprint density at radius 3 is 1.27 bits per heavy atom. The molecule has 0 unspecified atom stereocenters. The predicted molar refractivity (Wildman–Crippen MR) is 378 cm³/mol. The molecule has 26 heteroatoms. The molecular weight excluding hydrogens is 1310 g/mol. The van der Waals surface area contributed by atoms with E-state index in [1.807, 2.05) is 120 Å². The summed E-state index contributed by atoms with van der Waals surface area (Å²) in [4.78, 5) is 11.7. The molecule has 3 aliphatic heterocycles. The van der Waals surface area contributed by atoms with Crippen LogP contribution in [0.15, 0.2) is 134 Å². The largest absolute Gasteiger partial charge is 0.621 e. The van der Waals surface area contributed by atoms with E-state index >= 15 is 0 Å². The Balaban J connectivity index is 0.00000119. The first-order valence-electron chi connectivity index (χ1n) is 31.8. The van der Waals surface area contributed by atoms with Crippen LogP contribution in [-0.2, 0) is 81.4 Å². The van der Waals surface area contributed by atoms with Crippen molar-refractivity contribution in [1.82, 2.24) is 0 Å². The van der Waals surface area contributed by atoms with Crippen LogP contribution in [0.2, 0.25) is 30.2 Å². The molecule has 0 aromatic heterocycles. The summed E-state index contributed by atoms with van der Waals surface area (Å²) in [5, 5.41) is 17.5. The van der Waals surface area contributed by atoms with Gasteiger partial charge >= 0.3 is 48.3 Å². The molecule has 0 spiro atoms. The van der Waals surface area contributed by atoms with Crippen LogP contribution < -0.4 is 22.8 Å². The van der Waals surface area contributed by atoms with Gasteiger partial charge in [-0.2, -0.15) is 0 Å². The molecule has 92 heavy (non-hydrogen) atoms. The molecule has 0 radical (unpaired) electrons. The lowest BCUT2D eigenvalue weighted by atomic mass is 10.1. The van der Waals surface area contributed by atoms with E-state index in [0.29, 0.717) is 57.2 Å². The van der Waals surface area contributed by atoms with E-state index in [0.717, 1.165) is 117 Å². The lowest BCUT2D eigenvalue weighted by molar-refractivity contribution is -0.258. The van der Waals surface area contributed by atoms with Crippen molar-refractivity contribution in [2.45, 2.75) is 162 Å². The fourth-order valence-corrected chi connectivity index (χ4v) is 21.3. The predicted octanol–water partition coefficient (Wildman–Crippen LogP) is 17.8. The molecule has 8 rings (SSSR count). The number of carbonyl (C=O) groups excluding carboxylic acids is 1. The molecule has 19 nitrogen and oxygen atoms in total. The van der Waals surface area contributed by atoms with Crippen molar-refractivity contribution in [3.63, 3.8) is 0 Å². The lowest BCUT2D eigenvalue weighted by Gasteiger charge is -2.28. The van der Waals surface area contributed by atoms with E-state index in [2.05, 4.69) is 40.0 Å². The van der Waals surface area contributed by atoms with Crippen molar-refractivity contribution in [3.8, 4) is 28.7 Å². The van der Waals surface area contributed by atoms with Gasteiger partial charge in [0.15, 0.2) is 0 Å². The maximum absolute atomic E-state index is 11.7. The number of aryl methyl sites for hydroxylation is 5. The Hall–Kier alpha value is -4.51. The van der Waals surface area contributed by atoms with Crippen LogP contribution in [0.4, 0.5) is 4.79 Å². The van der Waals surface area contributed by atoms with Crippen molar-refractivity contribution < 1.29 is 93.1 Å². The number of para-hydroxylation sites is 3. The standard InChI is InChI=1S/C20H34O6Si.C17H28O4Si.C11H16O3Si.C9H10Cl2OSi.C9H12O5Si.4H2/c1-7-22-27(23-8-2,24-9-3)16-10-11-17-12-14-18(15-13-17)25-19(21)26-20(4,5)6;1-5-18-17-13-11-16(12-14-17)10-9-15-22(19-6-2,20-7-3)21-8-4;1-12-15(13-2)9-5-7-10-6-3-4-8-11(10)14-15;10-13(11)7-3-5-8-4-1-2-6-9(8)12-13;10-13-15(14-11)7-3-5-8-4-1-2-6-9(8)12-15;;;;/h12-15H,7-11,16H2,1-6H3;5,11-14H,1,6-10,15H2,2-4H3;3-4,6,8H,5,7,9H2,1-2H3;1-2,4,6H,3,5,7H2;1-2,4,6,10-11H,3,5,7H2;4*1H.